The lowest BCUT2D eigenvalue weighted by molar-refractivity contribution is 0.406. The van der Waals surface area contributed by atoms with Gasteiger partial charge in [0.15, 0.2) is 11.3 Å². The van der Waals surface area contributed by atoms with Crippen LogP contribution in [-0.2, 0) is 16.6 Å². The molecule has 126 valence electrons. The molecular weight excluding hydrogens is 322 g/mol. The highest BCUT2D eigenvalue weighted by molar-refractivity contribution is 7.83. The van der Waals surface area contributed by atoms with Crippen molar-refractivity contribution in [2.45, 2.75) is 18.7 Å². The molecule has 0 radical (unpaired) electrons. The summed E-state index contributed by atoms with van der Waals surface area (Å²) in [4.78, 5) is 0. The summed E-state index contributed by atoms with van der Waals surface area (Å²) in [5, 5.41) is 4.46. The highest BCUT2D eigenvalue weighted by Gasteiger charge is 2.14. The number of anilines is 1. The predicted molar refractivity (Wildman–Crippen MR) is 99.0 cm³/mol. The third-order valence-electron chi connectivity index (χ3n) is 3.85. The predicted octanol–water partition coefficient (Wildman–Crippen LogP) is 4.49. The lowest BCUT2D eigenvalue weighted by Crippen LogP contribution is -2.06. The van der Waals surface area contributed by atoms with Crippen LogP contribution in [0.15, 0.2) is 52.9 Å². The summed E-state index contributed by atoms with van der Waals surface area (Å²) in [7, 11) is 0.793. The van der Waals surface area contributed by atoms with Gasteiger partial charge in [0.2, 0.25) is 0 Å². The fourth-order valence-electron chi connectivity index (χ4n) is 2.74. The summed E-state index contributed by atoms with van der Waals surface area (Å²) in [6.45, 7) is 2.05. The van der Waals surface area contributed by atoms with Gasteiger partial charge in [0, 0.05) is 33.9 Å². The van der Waals surface area contributed by atoms with Gasteiger partial charge in [-0.15, -0.1) is 0 Å². The summed E-state index contributed by atoms with van der Waals surface area (Å²) in [5.74, 6) is 2.14. The van der Waals surface area contributed by atoms with E-state index in [2.05, 4.69) is 12.2 Å². The Morgan fingerprint density at radius 1 is 1.21 bits per heavy atom. The van der Waals surface area contributed by atoms with Crippen molar-refractivity contribution in [1.29, 1.82) is 0 Å². The Hall–Kier alpha value is -2.27. The topological polar surface area (TPSA) is 51.5 Å². The van der Waals surface area contributed by atoms with Crippen molar-refractivity contribution in [3.63, 3.8) is 0 Å². The van der Waals surface area contributed by atoms with E-state index in [9.17, 15) is 4.21 Å². The molecule has 0 bridgehead atoms. The van der Waals surface area contributed by atoms with Crippen LogP contribution < -0.4 is 10.1 Å². The van der Waals surface area contributed by atoms with Crippen LogP contribution in [0.5, 0.6) is 5.75 Å². The summed E-state index contributed by atoms with van der Waals surface area (Å²) in [6.07, 6.45) is 1.71. The number of hydrogen-bond acceptors (Lipinski definition) is 4. The largest absolute Gasteiger partial charge is 0.493 e. The summed E-state index contributed by atoms with van der Waals surface area (Å²) in [5.41, 5.74) is 2.80. The first-order valence-corrected chi connectivity index (χ1v) is 9.51. The maximum Gasteiger partial charge on any atom is 0.176 e. The molecule has 0 aliphatic carbocycles. The van der Waals surface area contributed by atoms with E-state index in [1.165, 1.54) is 0 Å². The molecule has 0 fully saturated rings. The maximum absolute atomic E-state index is 11.4. The quantitative estimate of drug-likeness (QED) is 0.716. The van der Waals surface area contributed by atoms with Crippen molar-refractivity contribution in [3.8, 4) is 5.75 Å². The van der Waals surface area contributed by atoms with Gasteiger partial charge >= 0.3 is 0 Å². The molecule has 5 heteroatoms. The van der Waals surface area contributed by atoms with Crippen LogP contribution in [0.2, 0.25) is 0 Å². The first kappa shape index (κ1) is 16.6. The zero-order chi connectivity index (χ0) is 17.1. The Morgan fingerprint density at radius 3 is 2.75 bits per heavy atom. The number of fused-ring (bicyclic) bond motifs is 1. The number of hydrogen-bond donors (Lipinski definition) is 1. The first-order valence-electron chi connectivity index (χ1n) is 7.79. The van der Waals surface area contributed by atoms with Gasteiger partial charge in [0.05, 0.1) is 13.2 Å². The average Bonchev–Trinajstić information content (AvgIpc) is 2.98. The van der Waals surface area contributed by atoms with Crippen molar-refractivity contribution >= 4 is 27.5 Å². The number of nitrogens with one attached hydrogen (secondary N) is 1. The van der Waals surface area contributed by atoms with E-state index >= 15 is 0 Å². The second kappa shape index (κ2) is 7.09. The molecule has 4 nitrogen and oxygen atoms in total. The van der Waals surface area contributed by atoms with E-state index in [0.29, 0.717) is 5.75 Å². The van der Waals surface area contributed by atoms with Crippen LogP contribution in [0.4, 0.5) is 5.69 Å². The van der Waals surface area contributed by atoms with Gasteiger partial charge < -0.3 is 14.5 Å². The smallest absolute Gasteiger partial charge is 0.176 e. The molecule has 0 amide bonds. The van der Waals surface area contributed by atoms with Crippen molar-refractivity contribution in [2.75, 3.05) is 18.7 Å². The Kier molecular flexibility index (Phi) is 4.90. The van der Waals surface area contributed by atoms with Crippen LogP contribution >= 0.6 is 0 Å². The Labute approximate surface area is 144 Å². The number of para-hydroxylation sites is 1. The zero-order valence-electron chi connectivity index (χ0n) is 14.0. The number of ether oxygens (including phenoxy) is 1. The van der Waals surface area contributed by atoms with E-state index in [1.54, 1.807) is 13.4 Å². The zero-order valence-corrected chi connectivity index (χ0v) is 14.9. The third kappa shape index (κ3) is 3.62. The number of rotatable bonds is 6. The molecule has 0 aliphatic heterocycles. The summed E-state index contributed by atoms with van der Waals surface area (Å²) >= 11 is 0. The molecule has 1 heterocycles. The first-order chi connectivity index (χ1) is 11.6. The number of furan rings is 1. The van der Waals surface area contributed by atoms with Crippen molar-refractivity contribution in [1.82, 2.24) is 0 Å². The van der Waals surface area contributed by atoms with Crippen molar-refractivity contribution in [2.24, 2.45) is 0 Å². The van der Waals surface area contributed by atoms with Crippen LogP contribution in [-0.4, -0.2) is 17.6 Å². The molecule has 3 aromatic rings. The lowest BCUT2D eigenvalue weighted by Gasteiger charge is -2.13. The van der Waals surface area contributed by atoms with Crippen LogP contribution in [0.1, 0.15) is 24.3 Å². The lowest BCUT2D eigenvalue weighted by atomic mass is 10.2. The fourth-order valence-corrected chi connectivity index (χ4v) is 3.39. The van der Waals surface area contributed by atoms with Gasteiger partial charge in [-0.05, 0) is 36.8 Å². The van der Waals surface area contributed by atoms with Gasteiger partial charge in [-0.25, -0.2) is 0 Å². The van der Waals surface area contributed by atoms with E-state index in [0.717, 1.165) is 33.7 Å². The minimum atomic E-state index is -0.848. The van der Waals surface area contributed by atoms with Gasteiger partial charge in [-0.1, -0.05) is 24.3 Å². The third-order valence-corrected chi connectivity index (χ3v) is 4.59. The summed E-state index contributed by atoms with van der Waals surface area (Å²) < 4.78 is 22.7. The maximum atomic E-state index is 11.4. The molecule has 1 N–H and O–H groups in total. The normalized spacial score (nSPS) is 13.6. The van der Waals surface area contributed by atoms with Gasteiger partial charge in [0.25, 0.3) is 0 Å². The summed E-state index contributed by atoms with van der Waals surface area (Å²) in [6, 6.07) is 15.9. The standard InChI is InChI=1S/C19H21NO3S/c1-13(20-16-8-4-6-14(10-16)12-24(3)21)18-11-15-7-5-9-17(22-2)19(15)23-18/h4-11,13,20H,12H2,1-3H3/t13-,24+/m0/s1. The molecule has 0 saturated heterocycles. The second-order valence-corrected chi connectivity index (χ2v) is 7.25. The average molecular weight is 343 g/mol. The van der Waals surface area contributed by atoms with E-state index in [4.69, 9.17) is 9.15 Å². The monoisotopic (exact) mass is 343 g/mol. The minimum Gasteiger partial charge on any atom is -0.493 e. The molecule has 0 unspecified atom stereocenters. The van der Waals surface area contributed by atoms with E-state index < -0.39 is 10.8 Å². The Balaban J connectivity index is 1.82. The van der Waals surface area contributed by atoms with E-state index in [-0.39, 0.29) is 6.04 Å². The van der Waals surface area contributed by atoms with Crippen LogP contribution in [0.3, 0.4) is 0 Å². The Bertz CT molecular complexity index is 872. The van der Waals surface area contributed by atoms with Gasteiger partial charge in [-0.2, -0.15) is 0 Å². The fraction of sp³-hybridized carbons (Fsp3) is 0.263. The molecule has 0 saturated carbocycles. The van der Waals surface area contributed by atoms with E-state index in [1.807, 2.05) is 48.5 Å². The minimum absolute atomic E-state index is 0.00415. The SMILES string of the molecule is COc1cccc2cc([C@H](C)Nc3cccc(C[S@@](C)=O)c3)oc12. The molecule has 3 rings (SSSR count). The van der Waals surface area contributed by atoms with Crippen molar-refractivity contribution in [3.05, 3.63) is 59.9 Å². The molecule has 2 aromatic carbocycles. The number of benzene rings is 2. The molecule has 0 spiro atoms. The van der Waals surface area contributed by atoms with Crippen LogP contribution in [0.25, 0.3) is 11.0 Å². The van der Waals surface area contributed by atoms with Crippen molar-refractivity contribution < 1.29 is 13.4 Å². The molecule has 1 aromatic heterocycles. The molecule has 24 heavy (non-hydrogen) atoms. The molecule has 0 aliphatic rings. The second-order valence-electron chi connectivity index (χ2n) is 5.81. The Morgan fingerprint density at radius 2 is 2.00 bits per heavy atom. The van der Waals surface area contributed by atoms with Gasteiger partial charge in [-0.3, -0.25) is 4.21 Å². The van der Waals surface area contributed by atoms with Gasteiger partial charge in [0.1, 0.15) is 5.76 Å². The van der Waals surface area contributed by atoms with Crippen LogP contribution in [0, 0.1) is 0 Å². The highest BCUT2D eigenvalue weighted by Crippen LogP contribution is 2.32. The molecule has 2 atom stereocenters. The number of methoxy groups -OCH3 is 1. The highest BCUT2D eigenvalue weighted by atomic mass is 32.2. The molecular formula is C19H21NO3S.